The molecule has 0 radical (unpaired) electrons. The molecule has 1 aromatic carbocycles. The number of thiazole rings is 1. The van der Waals surface area contributed by atoms with Crippen molar-refractivity contribution in [2.75, 3.05) is 0 Å². The van der Waals surface area contributed by atoms with Crippen molar-refractivity contribution in [1.29, 1.82) is 0 Å². The summed E-state index contributed by atoms with van der Waals surface area (Å²) < 4.78 is 2.94. The number of hydrogen-bond acceptors (Lipinski definition) is 6. The summed E-state index contributed by atoms with van der Waals surface area (Å²) in [6.07, 6.45) is 4.49. The smallest absolute Gasteiger partial charge is 0.241 e. The van der Waals surface area contributed by atoms with Gasteiger partial charge in [0.15, 0.2) is 0 Å². The molecular weight excluding hydrogens is 314 g/mol. The first kappa shape index (κ1) is 13.7. The number of benzene rings is 1. The van der Waals surface area contributed by atoms with Crippen molar-refractivity contribution in [3.05, 3.63) is 47.7 Å². The first-order valence-electron chi connectivity index (χ1n) is 6.96. The number of fused-ring (bicyclic) bond motifs is 2. The fraction of sp³-hybridized carbons (Fsp3) is 0.200. The van der Waals surface area contributed by atoms with Crippen LogP contribution in [0.1, 0.15) is 11.9 Å². The molecule has 0 bridgehead atoms. The van der Waals surface area contributed by atoms with E-state index in [9.17, 15) is 0 Å². The minimum Gasteiger partial charge on any atom is -0.241 e. The summed E-state index contributed by atoms with van der Waals surface area (Å²) in [6.45, 7) is 2.18. The molecule has 5 nitrogen and oxygen atoms in total. The van der Waals surface area contributed by atoms with Crippen LogP contribution in [-0.2, 0) is 6.42 Å². The van der Waals surface area contributed by atoms with E-state index in [0.717, 1.165) is 22.1 Å². The van der Waals surface area contributed by atoms with E-state index in [1.807, 2.05) is 18.3 Å². The summed E-state index contributed by atoms with van der Waals surface area (Å²) >= 11 is 3.42. The van der Waals surface area contributed by atoms with Crippen molar-refractivity contribution in [2.24, 2.45) is 0 Å². The van der Waals surface area contributed by atoms with E-state index >= 15 is 0 Å². The van der Waals surface area contributed by atoms with Gasteiger partial charge in [0.2, 0.25) is 5.16 Å². The second-order valence-electron chi connectivity index (χ2n) is 4.97. The Morgan fingerprint density at radius 2 is 2.14 bits per heavy atom. The van der Waals surface area contributed by atoms with Crippen LogP contribution < -0.4 is 0 Å². The summed E-state index contributed by atoms with van der Waals surface area (Å²) in [4.78, 5) is 13.3. The quantitative estimate of drug-likeness (QED) is 0.537. The van der Waals surface area contributed by atoms with Crippen LogP contribution in [0.5, 0.6) is 0 Å². The van der Waals surface area contributed by atoms with Crippen molar-refractivity contribution in [2.45, 2.75) is 23.8 Å². The number of rotatable bonds is 4. The van der Waals surface area contributed by atoms with Crippen molar-refractivity contribution in [3.8, 4) is 0 Å². The van der Waals surface area contributed by atoms with Crippen LogP contribution in [0.15, 0.2) is 47.9 Å². The molecule has 0 saturated heterocycles. The predicted octanol–water partition coefficient (Wildman–Crippen LogP) is 3.46. The van der Waals surface area contributed by atoms with Gasteiger partial charge in [-0.1, -0.05) is 30.8 Å². The fourth-order valence-electron chi connectivity index (χ4n) is 2.24. The minimum atomic E-state index is 0.359. The van der Waals surface area contributed by atoms with Crippen LogP contribution in [0.2, 0.25) is 0 Å². The lowest BCUT2D eigenvalue weighted by atomic mass is 10.3. The highest BCUT2D eigenvalue weighted by Gasteiger charge is 2.13. The van der Waals surface area contributed by atoms with E-state index in [1.54, 1.807) is 33.8 Å². The largest absolute Gasteiger partial charge is 0.253 e. The normalized spacial score (nSPS) is 13.0. The Kier molecular flexibility index (Phi) is 3.51. The van der Waals surface area contributed by atoms with Gasteiger partial charge >= 0.3 is 0 Å². The molecule has 22 heavy (non-hydrogen) atoms. The van der Waals surface area contributed by atoms with E-state index in [4.69, 9.17) is 0 Å². The molecule has 0 amide bonds. The van der Waals surface area contributed by atoms with Crippen molar-refractivity contribution >= 4 is 39.1 Å². The van der Waals surface area contributed by atoms with Crippen LogP contribution in [-0.4, -0.2) is 29.8 Å². The molecule has 0 aliphatic heterocycles. The monoisotopic (exact) mass is 327 g/mol. The van der Waals surface area contributed by atoms with Gasteiger partial charge in [-0.2, -0.15) is 4.98 Å². The summed E-state index contributed by atoms with van der Waals surface area (Å²) in [7, 11) is 0. The lowest BCUT2D eigenvalue weighted by Gasteiger charge is -2.05. The van der Waals surface area contributed by atoms with Gasteiger partial charge in [0, 0.05) is 24.1 Å². The van der Waals surface area contributed by atoms with Crippen LogP contribution >= 0.6 is 23.1 Å². The first-order chi connectivity index (χ1) is 10.8. The molecule has 7 heteroatoms. The summed E-state index contributed by atoms with van der Waals surface area (Å²) in [6, 6.07) is 10.1. The van der Waals surface area contributed by atoms with E-state index in [-0.39, 0.29) is 0 Å². The Bertz CT molecular complexity index is 788. The van der Waals surface area contributed by atoms with Crippen LogP contribution in [0.25, 0.3) is 16.0 Å². The highest BCUT2D eigenvalue weighted by atomic mass is 32.2. The molecule has 0 N–H and O–H groups in total. The summed E-state index contributed by atoms with van der Waals surface area (Å²) in [5, 5.41) is 6.70. The van der Waals surface area contributed by atoms with Gasteiger partial charge in [0.05, 0.1) is 15.2 Å². The van der Waals surface area contributed by atoms with Crippen molar-refractivity contribution < 1.29 is 0 Å². The maximum atomic E-state index is 4.68. The molecule has 1 unspecified atom stereocenters. The number of hydrogen-bond donors (Lipinski definition) is 0. The minimum absolute atomic E-state index is 0.359. The van der Waals surface area contributed by atoms with Gasteiger partial charge in [0.25, 0.3) is 5.78 Å². The van der Waals surface area contributed by atoms with Gasteiger partial charge in [-0.05, 0) is 18.2 Å². The van der Waals surface area contributed by atoms with Gasteiger partial charge in [0.1, 0.15) is 0 Å². The van der Waals surface area contributed by atoms with Crippen LogP contribution in [0.3, 0.4) is 0 Å². The SMILES string of the molecule is CC(Cc1nc2ccccc2s1)Sc1nc2ncccn2n1. The molecular formula is C15H13N5S2. The molecule has 0 spiro atoms. The standard InChI is InChI=1S/C15H13N5S2/c1-10(9-13-17-11-5-2-3-6-12(11)22-13)21-15-18-14-16-7-4-8-20(14)19-15/h2-8,10H,9H2,1H3. The second-order valence-corrected chi connectivity index (χ2v) is 7.49. The molecule has 0 fully saturated rings. The van der Waals surface area contributed by atoms with Gasteiger partial charge < -0.3 is 0 Å². The van der Waals surface area contributed by atoms with E-state index < -0.39 is 0 Å². The number of aromatic nitrogens is 5. The molecule has 0 aliphatic carbocycles. The molecule has 110 valence electrons. The molecule has 0 aliphatic rings. The Morgan fingerprint density at radius 3 is 3.00 bits per heavy atom. The zero-order valence-corrected chi connectivity index (χ0v) is 13.5. The zero-order valence-electron chi connectivity index (χ0n) is 11.9. The number of para-hydroxylation sites is 1. The first-order valence-corrected chi connectivity index (χ1v) is 8.66. The zero-order chi connectivity index (χ0) is 14.9. The molecule has 1 atom stereocenters. The maximum Gasteiger partial charge on any atom is 0.253 e. The van der Waals surface area contributed by atoms with Crippen LogP contribution in [0, 0.1) is 0 Å². The number of nitrogens with zero attached hydrogens (tertiary/aromatic N) is 5. The summed E-state index contributed by atoms with van der Waals surface area (Å²) in [5.74, 6) is 0.636. The van der Waals surface area contributed by atoms with Crippen molar-refractivity contribution in [3.63, 3.8) is 0 Å². The Balaban J connectivity index is 1.50. The fourth-order valence-corrected chi connectivity index (χ4v) is 4.31. The molecule has 4 rings (SSSR count). The van der Waals surface area contributed by atoms with Crippen molar-refractivity contribution in [1.82, 2.24) is 24.6 Å². The second kappa shape index (κ2) is 5.66. The van der Waals surface area contributed by atoms with E-state index in [0.29, 0.717) is 11.0 Å². The number of thioether (sulfide) groups is 1. The molecule has 3 aromatic heterocycles. The lowest BCUT2D eigenvalue weighted by molar-refractivity contribution is 0.866. The average Bonchev–Trinajstić information content (AvgIpc) is 3.08. The third-order valence-corrected chi connectivity index (χ3v) is 5.22. The van der Waals surface area contributed by atoms with Crippen LogP contribution in [0.4, 0.5) is 0 Å². The third-order valence-electron chi connectivity index (χ3n) is 3.20. The van der Waals surface area contributed by atoms with Gasteiger partial charge in [-0.25, -0.2) is 14.5 Å². The highest BCUT2D eigenvalue weighted by molar-refractivity contribution is 7.99. The predicted molar refractivity (Wildman–Crippen MR) is 89.4 cm³/mol. The molecule has 0 saturated carbocycles. The maximum absolute atomic E-state index is 4.68. The highest BCUT2D eigenvalue weighted by Crippen LogP contribution is 2.27. The van der Waals surface area contributed by atoms with E-state index in [1.165, 1.54) is 4.70 Å². The third kappa shape index (κ3) is 2.69. The Morgan fingerprint density at radius 1 is 1.23 bits per heavy atom. The molecule has 3 heterocycles. The Hall–Kier alpha value is -1.99. The topological polar surface area (TPSA) is 56.0 Å². The lowest BCUT2D eigenvalue weighted by Crippen LogP contribution is -2.01. The van der Waals surface area contributed by atoms with Gasteiger partial charge in [-0.15, -0.1) is 16.4 Å². The molecule has 4 aromatic rings. The van der Waals surface area contributed by atoms with E-state index in [2.05, 4.69) is 45.2 Å². The summed E-state index contributed by atoms with van der Waals surface area (Å²) in [5.41, 5.74) is 1.08. The van der Waals surface area contributed by atoms with Gasteiger partial charge in [-0.3, -0.25) is 0 Å². The average molecular weight is 327 g/mol. The Labute approximate surface area is 135 Å².